The second-order valence-electron chi connectivity index (χ2n) is 8.12. The van der Waals surface area contributed by atoms with Crippen molar-refractivity contribution in [3.63, 3.8) is 0 Å². The van der Waals surface area contributed by atoms with Crippen molar-refractivity contribution in [3.8, 4) is 11.1 Å². The van der Waals surface area contributed by atoms with E-state index < -0.39 is 0 Å². The van der Waals surface area contributed by atoms with E-state index in [1.165, 1.54) is 4.90 Å². The second kappa shape index (κ2) is 7.66. The van der Waals surface area contributed by atoms with Crippen LogP contribution in [0.1, 0.15) is 31.9 Å². The molecule has 2 atom stereocenters. The van der Waals surface area contributed by atoms with E-state index in [2.05, 4.69) is 35.8 Å². The van der Waals surface area contributed by atoms with Gasteiger partial charge in [-0.3, -0.25) is 4.79 Å². The third kappa shape index (κ3) is 3.58. The zero-order chi connectivity index (χ0) is 19.8. The Bertz CT molecular complexity index is 936. The van der Waals surface area contributed by atoms with Crippen LogP contribution < -0.4 is 10.9 Å². The minimum atomic E-state index is 0.00213. The van der Waals surface area contributed by atoms with Gasteiger partial charge in [-0.25, -0.2) is 4.79 Å². The summed E-state index contributed by atoms with van der Waals surface area (Å²) in [6.07, 6.45) is 3.10. The molecule has 28 heavy (non-hydrogen) atoms. The van der Waals surface area contributed by atoms with Gasteiger partial charge in [0, 0.05) is 53.8 Å². The Labute approximate surface area is 170 Å². The number of carbonyl (C=O) groups excluding carboxylic acids is 1. The van der Waals surface area contributed by atoms with Crippen molar-refractivity contribution in [1.29, 1.82) is 0 Å². The molecule has 0 spiro atoms. The third-order valence-electron chi connectivity index (χ3n) is 5.69. The molecule has 4 rings (SSSR count). The number of piperidine rings is 1. The number of pyridine rings is 1. The van der Waals surface area contributed by atoms with Gasteiger partial charge >= 0.3 is 6.03 Å². The highest BCUT2D eigenvalue weighted by molar-refractivity contribution is 7.98. The summed E-state index contributed by atoms with van der Waals surface area (Å²) in [7, 11) is 0. The molecule has 1 aromatic heterocycles. The molecule has 0 saturated carbocycles. The van der Waals surface area contributed by atoms with Crippen molar-refractivity contribution in [2.24, 2.45) is 5.92 Å². The number of rotatable bonds is 3. The fourth-order valence-corrected chi connectivity index (χ4v) is 4.94. The number of benzene rings is 1. The predicted octanol–water partition coefficient (Wildman–Crippen LogP) is 3.77. The minimum absolute atomic E-state index is 0.00213. The van der Waals surface area contributed by atoms with Crippen LogP contribution in [-0.4, -0.2) is 40.9 Å². The van der Waals surface area contributed by atoms with E-state index in [1.807, 2.05) is 29.4 Å². The van der Waals surface area contributed by atoms with Gasteiger partial charge in [-0.05, 0) is 56.2 Å². The topological polar surface area (TPSA) is 54.3 Å². The molecule has 3 heterocycles. The van der Waals surface area contributed by atoms with Crippen molar-refractivity contribution in [2.45, 2.75) is 43.7 Å². The fraction of sp³-hybridized carbons (Fsp3) is 0.455. The van der Waals surface area contributed by atoms with Gasteiger partial charge in [-0.2, -0.15) is 0 Å². The second-order valence-corrected chi connectivity index (χ2v) is 9.00. The maximum Gasteiger partial charge on any atom is 0.317 e. The first-order chi connectivity index (χ1) is 13.5. The molecule has 148 valence electrons. The molecule has 1 N–H and O–H groups in total. The number of urea groups is 1. The summed E-state index contributed by atoms with van der Waals surface area (Å²) in [5.41, 5.74) is 3.39. The number of hydrogen-bond donors (Lipinski definition) is 1. The lowest BCUT2D eigenvalue weighted by atomic mass is 9.80. The van der Waals surface area contributed by atoms with Gasteiger partial charge in [0.1, 0.15) is 0 Å². The van der Waals surface area contributed by atoms with E-state index in [9.17, 15) is 9.59 Å². The fourth-order valence-electron chi connectivity index (χ4n) is 4.53. The lowest BCUT2D eigenvalue weighted by Gasteiger charge is -2.43. The highest BCUT2D eigenvalue weighted by Gasteiger charge is 2.37. The standard InChI is InChI=1S/C22H27N3O2S/c1-14(2)23-22(27)24-11-15-10-17(13-24)21-19(8-9-20(26)25(21)12-15)16-4-6-18(28-3)7-5-16/h4-9,14-15,17H,10-13H2,1-3H3,(H,23,27)/t15-,17-/m1/s1. The summed E-state index contributed by atoms with van der Waals surface area (Å²) in [5, 5.41) is 3.01. The van der Waals surface area contributed by atoms with Gasteiger partial charge in [-0.15, -0.1) is 11.8 Å². The Balaban J connectivity index is 1.72. The summed E-state index contributed by atoms with van der Waals surface area (Å²) in [6.45, 7) is 6.02. The Kier molecular flexibility index (Phi) is 5.23. The van der Waals surface area contributed by atoms with Crippen LogP contribution in [0, 0.1) is 5.92 Å². The third-order valence-corrected chi connectivity index (χ3v) is 6.43. The van der Waals surface area contributed by atoms with Crippen LogP contribution in [0.3, 0.4) is 0 Å². The van der Waals surface area contributed by atoms with Gasteiger partial charge in [0.25, 0.3) is 5.56 Å². The zero-order valence-electron chi connectivity index (χ0n) is 16.6. The number of likely N-dealkylation sites (tertiary alicyclic amines) is 1. The maximum atomic E-state index is 12.6. The number of fused-ring (bicyclic) bond motifs is 4. The molecule has 6 heteroatoms. The van der Waals surface area contributed by atoms with Gasteiger partial charge in [0.2, 0.25) is 0 Å². The smallest absolute Gasteiger partial charge is 0.317 e. The summed E-state index contributed by atoms with van der Waals surface area (Å²) in [4.78, 5) is 28.3. The van der Waals surface area contributed by atoms with Crippen LogP contribution in [0.2, 0.25) is 0 Å². The number of thioether (sulfide) groups is 1. The first-order valence-corrected chi connectivity index (χ1v) is 11.1. The highest BCUT2D eigenvalue weighted by Crippen LogP contribution is 2.40. The van der Waals surface area contributed by atoms with E-state index in [-0.39, 0.29) is 23.6 Å². The van der Waals surface area contributed by atoms with E-state index in [1.54, 1.807) is 17.8 Å². The van der Waals surface area contributed by atoms with Gasteiger partial charge < -0.3 is 14.8 Å². The Hall–Kier alpha value is -2.21. The summed E-state index contributed by atoms with van der Waals surface area (Å²) >= 11 is 1.72. The molecular formula is C22H27N3O2S. The molecule has 2 aromatic rings. The van der Waals surface area contributed by atoms with E-state index in [0.29, 0.717) is 25.6 Å². The normalized spacial score (nSPS) is 20.8. The molecular weight excluding hydrogens is 370 g/mol. The molecule has 2 bridgehead atoms. The number of aromatic nitrogens is 1. The quantitative estimate of drug-likeness (QED) is 0.802. The van der Waals surface area contributed by atoms with Crippen molar-refractivity contribution >= 4 is 17.8 Å². The molecule has 1 fully saturated rings. The van der Waals surface area contributed by atoms with Crippen LogP contribution in [0.25, 0.3) is 11.1 Å². The molecule has 2 aliphatic heterocycles. The van der Waals surface area contributed by atoms with Crippen LogP contribution in [0.15, 0.2) is 46.1 Å². The first kappa shape index (κ1) is 19.1. The van der Waals surface area contributed by atoms with E-state index in [0.717, 1.165) is 23.2 Å². The Morgan fingerprint density at radius 2 is 1.86 bits per heavy atom. The first-order valence-electron chi connectivity index (χ1n) is 9.90. The van der Waals surface area contributed by atoms with Gasteiger partial charge in [0.05, 0.1) is 0 Å². The average molecular weight is 398 g/mol. The molecule has 0 unspecified atom stereocenters. The number of nitrogens with one attached hydrogen (secondary N) is 1. The predicted molar refractivity (Wildman–Crippen MR) is 114 cm³/mol. The molecule has 0 aliphatic carbocycles. The SMILES string of the molecule is CSc1ccc(-c2ccc(=O)n3c2[C@@H]2C[C@H](CN(C(=O)NC(C)C)C2)C3)cc1. The monoisotopic (exact) mass is 397 g/mol. The molecule has 2 amide bonds. The Morgan fingerprint density at radius 3 is 2.54 bits per heavy atom. The van der Waals surface area contributed by atoms with Crippen molar-refractivity contribution in [1.82, 2.24) is 14.8 Å². The number of amides is 2. The summed E-state index contributed by atoms with van der Waals surface area (Å²) in [6, 6.07) is 12.3. The van der Waals surface area contributed by atoms with Crippen LogP contribution in [-0.2, 0) is 6.54 Å². The molecule has 0 radical (unpaired) electrons. The van der Waals surface area contributed by atoms with Crippen LogP contribution in [0.4, 0.5) is 4.79 Å². The van der Waals surface area contributed by atoms with Gasteiger partial charge in [0.15, 0.2) is 0 Å². The van der Waals surface area contributed by atoms with E-state index >= 15 is 0 Å². The molecule has 2 aliphatic rings. The number of nitrogens with zero attached hydrogens (tertiary/aromatic N) is 2. The van der Waals surface area contributed by atoms with Gasteiger partial charge in [-0.1, -0.05) is 12.1 Å². The Morgan fingerprint density at radius 1 is 1.11 bits per heavy atom. The van der Waals surface area contributed by atoms with Crippen molar-refractivity contribution in [2.75, 3.05) is 19.3 Å². The average Bonchev–Trinajstić information content (AvgIpc) is 2.68. The van der Waals surface area contributed by atoms with Crippen molar-refractivity contribution < 1.29 is 4.79 Å². The molecule has 1 aromatic carbocycles. The summed E-state index contributed by atoms with van der Waals surface area (Å²) < 4.78 is 1.95. The highest BCUT2D eigenvalue weighted by atomic mass is 32.2. The molecule has 1 saturated heterocycles. The maximum absolute atomic E-state index is 12.6. The molecule has 5 nitrogen and oxygen atoms in total. The number of carbonyl (C=O) groups is 1. The zero-order valence-corrected chi connectivity index (χ0v) is 17.5. The largest absolute Gasteiger partial charge is 0.336 e. The lowest BCUT2D eigenvalue weighted by molar-refractivity contribution is 0.130. The van der Waals surface area contributed by atoms with Crippen LogP contribution >= 0.6 is 11.8 Å². The summed E-state index contributed by atoms with van der Waals surface area (Å²) in [5.74, 6) is 0.519. The van der Waals surface area contributed by atoms with Crippen LogP contribution in [0.5, 0.6) is 0 Å². The van der Waals surface area contributed by atoms with E-state index in [4.69, 9.17) is 0 Å². The minimum Gasteiger partial charge on any atom is -0.336 e. The lowest BCUT2D eigenvalue weighted by Crippen LogP contribution is -2.53. The number of hydrogen-bond acceptors (Lipinski definition) is 3. The van der Waals surface area contributed by atoms with Crippen molar-refractivity contribution in [3.05, 3.63) is 52.4 Å².